The number of amides is 1. The quantitative estimate of drug-likeness (QED) is 0.725. The molecule has 162 valence electrons. The van der Waals surface area contributed by atoms with Gasteiger partial charge in [-0.05, 0) is 19.1 Å². The number of piperidine rings is 1. The van der Waals surface area contributed by atoms with Gasteiger partial charge in [-0.15, -0.1) is 0 Å². The normalized spacial score (nSPS) is 18.9. The van der Waals surface area contributed by atoms with Gasteiger partial charge in [-0.2, -0.15) is 0 Å². The lowest BCUT2D eigenvalue weighted by molar-refractivity contribution is -0.0652. The Kier molecular flexibility index (Phi) is 5.99. The maximum atomic E-state index is 13.9. The summed E-state index contributed by atoms with van der Waals surface area (Å²) in [4.78, 5) is 22.6. The molecule has 1 fully saturated rings. The van der Waals surface area contributed by atoms with Crippen LogP contribution in [0.15, 0.2) is 29.4 Å². The SMILES string of the molecule is Cc1nc(N2CCC(F)(F)C(C)C2)c(C(=O)Nc2ccnc(S(N)(=O)=O)c2)cc1Cl. The Morgan fingerprint density at radius 2 is 2.10 bits per heavy atom. The van der Waals surface area contributed by atoms with Crippen LogP contribution in [0.3, 0.4) is 0 Å². The molecule has 12 heteroatoms. The first-order valence-electron chi connectivity index (χ1n) is 8.98. The van der Waals surface area contributed by atoms with Crippen LogP contribution in [0.5, 0.6) is 0 Å². The average Bonchev–Trinajstić information content (AvgIpc) is 2.65. The molecule has 1 unspecified atom stereocenters. The Labute approximate surface area is 177 Å². The van der Waals surface area contributed by atoms with E-state index in [1.165, 1.54) is 25.3 Å². The smallest absolute Gasteiger partial charge is 0.259 e. The van der Waals surface area contributed by atoms with Crippen molar-refractivity contribution in [2.24, 2.45) is 11.1 Å². The van der Waals surface area contributed by atoms with Crippen LogP contribution in [-0.4, -0.2) is 43.3 Å². The summed E-state index contributed by atoms with van der Waals surface area (Å²) in [6, 6.07) is 3.91. The van der Waals surface area contributed by atoms with Gasteiger partial charge in [0.25, 0.3) is 21.9 Å². The fourth-order valence-corrected chi connectivity index (χ4v) is 3.75. The number of nitrogens with two attached hydrogens (primary N) is 1. The number of sulfonamides is 1. The molecule has 8 nitrogen and oxygen atoms in total. The molecule has 1 atom stereocenters. The first-order chi connectivity index (χ1) is 13.9. The van der Waals surface area contributed by atoms with Gasteiger partial charge in [-0.3, -0.25) is 4.79 Å². The molecule has 2 aromatic heterocycles. The van der Waals surface area contributed by atoms with E-state index >= 15 is 0 Å². The van der Waals surface area contributed by atoms with E-state index < -0.39 is 32.8 Å². The van der Waals surface area contributed by atoms with Crippen molar-refractivity contribution in [1.29, 1.82) is 0 Å². The van der Waals surface area contributed by atoms with E-state index in [2.05, 4.69) is 15.3 Å². The van der Waals surface area contributed by atoms with Gasteiger partial charge in [0.15, 0.2) is 5.03 Å². The number of hydrogen-bond donors (Lipinski definition) is 2. The van der Waals surface area contributed by atoms with Gasteiger partial charge in [-0.1, -0.05) is 18.5 Å². The molecule has 1 aliphatic heterocycles. The highest BCUT2D eigenvalue weighted by Gasteiger charge is 2.42. The molecular formula is C18H20ClF2N5O3S. The predicted molar refractivity (Wildman–Crippen MR) is 108 cm³/mol. The summed E-state index contributed by atoms with van der Waals surface area (Å²) in [5.41, 5.74) is 0.672. The molecule has 30 heavy (non-hydrogen) atoms. The van der Waals surface area contributed by atoms with E-state index in [-0.39, 0.29) is 41.6 Å². The fraction of sp³-hybridized carbons (Fsp3) is 0.389. The zero-order chi connectivity index (χ0) is 22.3. The molecule has 0 spiro atoms. The molecule has 1 aliphatic rings. The van der Waals surface area contributed by atoms with Crippen LogP contribution in [0, 0.1) is 12.8 Å². The summed E-state index contributed by atoms with van der Waals surface area (Å²) < 4.78 is 50.7. The third-order valence-electron chi connectivity index (χ3n) is 4.89. The molecule has 0 saturated carbocycles. The zero-order valence-corrected chi connectivity index (χ0v) is 17.8. The van der Waals surface area contributed by atoms with Crippen molar-refractivity contribution in [2.45, 2.75) is 31.2 Å². The topological polar surface area (TPSA) is 118 Å². The van der Waals surface area contributed by atoms with Gasteiger partial charge in [-0.25, -0.2) is 32.3 Å². The highest BCUT2D eigenvalue weighted by Crippen LogP contribution is 2.36. The van der Waals surface area contributed by atoms with Crippen molar-refractivity contribution < 1.29 is 22.0 Å². The Morgan fingerprint density at radius 3 is 2.73 bits per heavy atom. The van der Waals surface area contributed by atoms with Gasteiger partial charge in [0.2, 0.25) is 0 Å². The second kappa shape index (κ2) is 8.05. The predicted octanol–water partition coefficient (Wildman–Crippen LogP) is 2.82. The van der Waals surface area contributed by atoms with Crippen LogP contribution < -0.4 is 15.4 Å². The number of anilines is 2. The number of primary sulfonamides is 1. The lowest BCUT2D eigenvalue weighted by atomic mass is 9.95. The van der Waals surface area contributed by atoms with Crippen LogP contribution in [0.25, 0.3) is 0 Å². The summed E-state index contributed by atoms with van der Waals surface area (Å²) >= 11 is 6.14. The third-order valence-corrected chi connectivity index (χ3v) is 6.08. The Hall–Kier alpha value is -2.37. The highest BCUT2D eigenvalue weighted by atomic mass is 35.5. The maximum absolute atomic E-state index is 13.9. The van der Waals surface area contributed by atoms with Gasteiger partial charge < -0.3 is 10.2 Å². The Bertz CT molecular complexity index is 1100. The monoisotopic (exact) mass is 459 g/mol. The number of halogens is 3. The van der Waals surface area contributed by atoms with Crippen molar-refractivity contribution in [3.63, 3.8) is 0 Å². The van der Waals surface area contributed by atoms with Crippen LogP contribution in [-0.2, 0) is 10.0 Å². The number of hydrogen-bond acceptors (Lipinski definition) is 6. The first-order valence-corrected chi connectivity index (χ1v) is 10.9. The van der Waals surface area contributed by atoms with Crippen LogP contribution >= 0.6 is 11.6 Å². The van der Waals surface area contributed by atoms with Crippen molar-refractivity contribution >= 4 is 39.0 Å². The average molecular weight is 460 g/mol. The number of pyridine rings is 2. The number of carbonyl (C=O) groups excluding carboxylic acids is 1. The second-order valence-electron chi connectivity index (χ2n) is 7.17. The van der Waals surface area contributed by atoms with Crippen LogP contribution in [0.4, 0.5) is 20.3 Å². The van der Waals surface area contributed by atoms with Crippen molar-refractivity contribution in [2.75, 3.05) is 23.3 Å². The number of rotatable bonds is 4. The molecule has 1 saturated heterocycles. The standard InChI is InChI=1S/C18H20ClF2N5O3S/c1-10-9-26(6-4-18(10,20)21)16-13(8-14(19)11(2)24-16)17(27)25-12-3-5-23-15(7-12)30(22,28)29/h3,5,7-8,10H,4,6,9H2,1-2H3,(H2,22,28,29)(H,23,25,27). The van der Waals surface area contributed by atoms with Crippen LogP contribution in [0.1, 0.15) is 29.4 Å². The van der Waals surface area contributed by atoms with E-state index in [4.69, 9.17) is 16.7 Å². The molecule has 3 heterocycles. The summed E-state index contributed by atoms with van der Waals surface area (Å²) in [7, 11) is -4.06. The number of nitrogens with one attached hydrogen (secondary N) is 1. The van der Waals surface area contributed by atoms with E-state index in [1.807, 2.05) is 0 Å². The van der Waals surface area contributed by atoms with Crippen molar-refractivity contribution in [3.05, 3.63) is 40.7 Å². The van der Waals surface area contributed by atoms with Gasteiger partial charge in [0.05, 0.1) is 16.3 Å². The zero-order valence-electron chi connectivity index (χ0n) is 16.2. The number of aromatic nitrogens is 2. The minimum atomic E-state index is -4.06. The lowest BCUT2D eigenvalue weighted by Gasteiger charge is -2.38. The summed E-state index contributed by atoms with van der Waals surface area (Å²) in [5, 5.41) is 7.44. The molecule has 0 radical (unpaired) electrons. The van der Waals surface area contributed by atoms with E-state index in [1.54, 1.807) is 11.8 Å². The van der Waals surface area contributed by atoms with E-state index in [9.17, 15) is 22.0 Å². The maximum Gasteiger partial charge on any atom is 0.259 e. The highest BCUT2D eigenvalue weighted by molar-refractivity contribution is 7.89. The molecule has 3 N–H and O–H groups in total. The first kappa shape index (κ1) is 22.3. The van der Waals surface area contributed by atoms with Crippen LogP contribution in [0.2, 0.25) is 5.02 Å². The molecule has 3 rings (SSSR count). The van der Waals surface area contributed by atoms with E-state index in [0.717, 1.165) is 6.07 Å². The fourth-order valence-electron chi connectivity index (χ4n) is 3.10. The lowest BCUT2D eigenvalue weighted by Crippen LogP contribution is -2.46. The molecular weight excluding hydrogens is 440 g/mol. The Balaban J connectivity index is 1.94. The third kappa shape index (κ3) is 4.68. The van der Waals surface area contributed by atoms with Crippen molar-refractivity contribution in [3.8, 4) is 0 Å². The molecule has 2 aromatic rings. The molecule has 0 bridgehead atoms. The largest absolute Gasteiger partial charge is 0.355 e. The Morgan fingerprint density at radius 1 is 1.40 bits per heavy atom. The molecule has 0 aromatic carbocycles. The van der Waals surface area contributed by atoms with Crippen molar-refractivity contribution in [1.82, 2.24) is 9.97 Å². The minimum Gasteiger partial charge on any atom is -0.355 e. The second-order valence-corrected chi connectivity index (χ2v) is 9.08. The number of aryl methyl sites for hydroxylation is 1. The van der Waals surface area contributed by atoms with Gasteiger partial charge >= 0.3 is 0 Å². The van der Waals surface area contributed by atoms with Gasteiger partial charge in [0.1, 0.15) is 5.82 Å². The number of alkyl halides is 2. The summed E-state index contributed by atoms with van der Waals surface area (Å²) in [6.45, 7) is 3.14. The molecule has 0 aliphatic carbocycles. The van der Waals surface area contributed by atoms with E-state index in [0.29, 0.717) is 5.69 Å². The minimum absolute atomic E-state index is 0.0200. The summed E-state index contributed by atoms with van der Waals surface area (Å²) in [5.74, 6) is -4.10. The summed E-state index contributed by atoms with van der Waals surface area (Å²) in [6.07, 6.45) is 0.825. The number of carbonyl (C=O) groups is 1. The van der Waals surface area contributed by atoms with Gasteiger partial charge in [0, 0.05) is 43.4 Å². The molecule has 1 amide bonds. The number of nitrogens with zero attached hydrogens (tertiary/aromatic N) is 3.